The Hall–Kier alpha value is -3.52. The van der Waals surface area contributed by atoms with Gasteiger partial charge in [-0.05, 0) is 54.1 Å². The average Bonchev–Trinajstić information content (AvgIpc) is 2.78. The molecule has 0 aliphatic rings. The minimum Gasteiger partial charge on any atom is -0.493 e. The quantitative estimate of drug-likeness (QED) is 0.381. The van der Waals surface area contributed by atoms with E-state index < -0.39 is 5.82 Å². The molecule has 31 heavy (non-hydrogen) atoms. The van der Waals surface area contributed by atoms with E-state index in [2.05, 4.69) is 26.0 Å². The van der Waals surface area contributed by atoms with Crippen LogP contribution >= 0.6 is 15.9 Å². The fourth-order valence-electron chi connectivity index (χ4n) is 3.13. The summed E-state index contributed by atoms with van der Waals surface area (Å²) in [4.78, 5) is 18.0. The van der Waals surface area contributed by atoms with Crippen molar-refractivity contribution in [2.45, 2.75) is 0 Å². The second kappa shape index (κ2) is 8.69. The second-order valence-corrected chi connectivity index (χ2v) is 7.50. The number of nitrogens with zero attached hydrogens (tertiary/aromatic N) is 3. The smallest absolute Gasteiger partial charge is 0.282 e. The summed E-state index contributed by atoms with van der Waals surface area (Å²) in [7, 11) is 3.07. The normalized spacial score (nSPS) is 11.2. The summed E-state index contributed by atoms with van der Waals surface area (Å²) in [6.07, 6.45) is 1.42. The van der Waals surface area contributed by atoms with Crippen molar-refractivity contribution in [2.75, 3.05) is 14.2 Å². The Morgan fingerprint density at radius 3 is 2.58 bits per heavy atom. The lowest BCUT2D eigenvalue weighted by Crippen LogP contribution is -2.20. The molecule has 0 unspecified atom stereocenters. The first-order chi connectivity index (χ1) is 15.0. The number of hydrogen-bond donors (Lipinski definition) is 0. The number of ether oxygens (including phenoxy) is 2. The van der Waals surface area contributed by atoms with Gasteiger partial charge in [0.05, 0.1) is 31.3 Å². The van der Waals surface area contributed by atoms with Crippen LogP contribution in [0.4, 0.5) is 4.39 Å². The summed E-state index contributed by atoms with van der Waals surface area (Å²) in [5.74, 6) is 0.962. The van der Waals surface area contributed by atoms with Crippen molar-refractivity contribution >= 4 is 33.0 Å². The highest BCUT2D eigenvalue weighted by Gasteiger charge is 2.15. The van der Waals surface area contributed by atoms with Gasteiger partial charge >= 0.3 is 0 Å². The number of halogens is 2. The van der Waals surface area contributed by atoms with Crippen molar-refractivity contribution in [1.82, 2.24) is 9.66 Å². The van der Waals surface area contributed by atoms with Gasteiger partial charge in [-0.3, -0.25) is 4.79 Å². The van der Waals surface area contributed by atoms with Crippen LogP contribution in [0.25, 0.3) is 22.3 Å². The summed E-state index contributed by atoms with van der Waals surface area (Å²) >= 11 is 3.39. The summed E-state index contributed by atoms with van der Waals surface area (Å²) in [5, 5.41) is 4.73. The zero-order valence-corrected chi connectivity index (χ0v) is 18.3. The molecule has 156 valence electrons. The SMILES string of the molecule is COc1ccc(-c2nc3ccc(Br)cc3c(=O)n2N=Cc2cccc(F)c2)cc1OC. The van der Waals surface area contributed by atoms with Crippen molar-refractivity contribution in [3.63, 3.8) is 0 Å². The molecule has 0 bridgehead atoms. The maximum absolute atomic E-state index is 13.6. The van der Waals surface area contributed by atoms with Gasteiger partial charge < -0.3 is 9.47 Å². The van der Waals surface area contributed by atoms with Crippen molar-refractivity contribution in [3.8, 4) is 22.9 Å². The van der Waals surface area contributed by atoms with Gasteiger partial charge in [0.25, 0.3) is 5.56 Å². The van der Waals surface area contributed by atoms with E-state index >= 15 is 0 Å². The Morgan fingerprint density at radius 1 is 1.03 bits per heavy atom. The van der Waals surface area contributed by atoms with E-state index in [1.54, 1.807) is 49.6 Å². The summed E-state index contributed by atoms with van der Waals surface area (Å²) < 4.78 is 26.2. The minimum atomic E-state index is -0.392. The van der Waals surface area contributed by atoms with Gasteiger partial charge in [-0.15, -0.1) is 0 Å². The van der Waals surface area contributed by atoms with Crippen LogP contribution in [0.3, 0.4) is 0 Å². The molecule has 0 atom stereocenters. The molecule has 0 radical (unpaired) electrons. The predicted molar refractivity (Wildman–Crippen MR) is 122 cm³/mol. The molecule has 0 saturated heterocycles. The predicted octanol–water partition coefficient (Wildman–Crippen LogP) is 4.86. The van der Waals surface area contributed by atoms with Gasteiger partial charge in [0.2, 0.25) is 0 Å². The first-order valence-electron chi connectivity index (χ1n) is 9.25. The maximum atomic E-state index is 13.6. The van der Waals surface area contributed by atoms with Gasteiger partial charge in [-0.2, -0.15) is 9.78 Å². The lowest BCUT2D eigenvalue weighted by molar-refractivity contribution is 0.355. The van der Waals surface area contributed by atoms with E-state index in [4.69, 9.17) is 9.47 Å². The Balaban J connectivity index is 1.96. The van der Waals surface area contributed by atoms with Gasteiger partial charge in [0.15, 0.2) is 17.3 Å². The zero-order chi connectivity index (χ0) is 22.0. The summed E-state index contributed by atoms with van der Waals surface area (Å²) in [6.45, 7) is 0. The van der Waals surface area contributed by atoms with E-state index in [9.17, 15) is 9.18 Å². The topological polar surface area (TPSA) is 65.7 Å². The molecule has 6 nitrogen and oxygen atoms in total. The van der Waals surface area contributed by atoms with Crippen LogP contribution in [0.2, 0.25) is 0 Å². The molecule has 4 rings (SSSR count). The van der Waals surface area contributed by atoms with Crippen molar-refractivity contribution in [3.05, 3.63) is 86.9 Å². The average molecular weight is 482 g/mol. The minimum absolute atomic E-state index is 0.313. The maximum Gasteiger partial charge on any atom is 0.282 e. The number of fused-ring (bicyclic) bond motifs is 1. The summed E-state index contributed by atoms with van der Waals surface area (Å²) in [6, 6.07) is 16.4. The number of rotatable bonds is 5. The Labute approximate surface area is 185 Å². The molecule has 0 aliphatic carbocycles. The largest absolute Gasteiger partial charge is 0.493 e. The van der Waals surface area contributed by atoms with E-state index in [0.717, 1.165) is 4.47 Å². The lowest BCUT2D eigenvalue weighted by atomic mass is 10.1. The molecular weight excluding hydrogens is 465 g/mol. The highest BCUT2D eigenvalue weighted by molar-refractivity contribution is 9.10. The third-order valence-electron chi connectivity index (χ3n) is 4.62. The molecule has 0 amide bonds. The number of benzene rings is 3. The molecule has 0 spiro atoms. The van der Waals surface area contributed by atoms with Gasteiger partial charge in [-0.1, -0.05) is 28.1 Å². The van der Waals surface area contributed by atoms with Crippen molar-refractivity contribution in [2.24, 2.45) is 5.10 Å². The highest BCUT2D eigenvalue weighted by atomic mass is 79.9. The van der Waals surface area contributed by atoms with Gasteiger partial charge in [-0.25, -0.2) is 9.37 Å². The molecule has 1 aromatic heterocycles. The van der Waals surface area contributed by atoms with E-state index in [0.29, 0.717) is 39.4 Å². The Bertz CT molecular complexity index is 1370. The number of methoxy groups -OCH3 is 2. The molecule has 0 aliphatic heterocycles. The Morgan fingerprint density at radius 2 is 1.84 bits per heavy atom. The lowest BCUT2D eigenvalue weighted by Gasteiger charge is -2.12. The standard InChI is InChI=1S/C23H17BrFN3O3/c1-30-20-9-6-15(11-21(20)31-2)22-27-19-8-7-16(24)12-18(19)23(29)28(22)26-13-14-4-3-5-17(25)10-14/h3-13H,1-2H3. The van der Waals surface area contributed by atoms with Crippen molar-refractivity contribution in [1.29, 1.82) is 0 Å². The van der Waals surface area contributed by atoms with E-state index in [1.165, 1.54) is 30.1 Å². The van der Waals surface area contributed by atoms with E-state index in [-0.39, 0.29) is 5.56 Å². The summed E-state index contributed by atoms with van der Waals surface area (Å²) in [5.41, 5.74) is 1.29. The molecule has 3 aromatic carbocycles. The monoisotopic (exact) mass is 481 g/mol. The van der Waals surface area contributed by atoms with Crippen LogP contribution in [0.15, 0.2) is 75.0 Å². The van der Waals surface area contributed by atoms with Gasteiger partial charge in [0, 0.05) is 10.0 Å². The molecule has 0 fully saturated rings. The van der Waals surface area contributed by atoms with E-state index in [1.807, 2.05) is 6.07 Å². The second-order valence-electron chi connectivity index (χ2n) is 6.58. The molecule has 0 N–H and O–H groups in total. The third kappa shape index (κ3) is 4.20. The fourth-order valence-corrected chi connectivity index (χ4v) is 3.49. The molecule has 1 heterocycles. The third-order valence-corrected chi connectivity index (χ3v) is 5.11. The van der Waals surface area contributed by atoms with Crippen LogP contribution in [0.5, 0.6) is 11.5 Å². The molecule has 0 saturated carbocycles. The molecule has 8 heteroatoms. The van der Waals surface area contributed by atoms with Crippen LogP contribution in [0, 0.1) is 5.82 Å². The molecule has 4 aromatic rings. The van der Waals surface area contributed by atoms with Crippen molar-refractivity contribution < 1.29 is 13.9 Å². The first-order valence-corrected chi connectivity index (χ1v) is 10.0. The van der Waals surface area contributed by atoms with Crippen LogP contribution in [0.1, 0.15) is 5.56 Å². The first kappa shape index (κ1) is 20.7. The highest BCUT2D eigenvalue weighted by Crippen LogP contribution is 2.32. The van der Waals surface area contributed by atoms with Gasteiger partial charge in [0.1, 0.15) is 5.82 Å². The molecular formula is C23H17BrFN3O3. The number of hydrogen-bond acceptors (Lipinski definition) is 5. The van der Waals surface area contributed by atoms with Crippen LogP contribution in [-0.4, -0.2) is 30.1 Å². The Kier molecular flexibility index (Phi) is 5.81. The number of aromatic nitrogens is 2. The van der Waals surface area contributed by atoms with Crippen LogP contribution < -0.4 is 15.0 Å². The zero-order valence-electron chi connectivity index (χ0n) is 16.7. The van der Waals surface area contributed by atoms with Crippen LogP contribution in [-0.2, 0) is 0 Å². The fraction of sp³-hybridized carbons (Fsp3) is 0.0870.